The van der Waals surface area contributed by atoms with E-state index >= 15 is 0 Å². The maximum Gasteiger partial charge on any atom is 0.345 e. The van der Waals surface area contributed by atoms with E-state index in [1.54, 1.807) is 12.3 Å². The Hall–Kier alpha value is -3.25. The van der Waals surface area contributed by atoms with E-state index in [0.717, 1.165) is 21.5 Å². The van der Waals surface area contributed by atoms with Crippen molar-refractivity contribution in [1.29, 1.82) is 0 Å². The highest BCUT2D eigenvalue weighted by Crippen LogP contribution is 2.28. The van der Waals surface area contributed by atoms with Gasteiger partial charge in [0.15, 0.2) is 0 Å². The summed E-state index contributed by atoms with van der Waals surface area (Å²) >= 11 is 1.36. The number of hydrazone groups is 1. The number of hydrogen-bond acceptors (Lipinski definition) is 6. The lowest BCUT2D eigenvalue weighted by molar-refractivity contribution is 0.563. The van der Waals surface area contributed by atoms with E-state index in [2.05, 4.69) is 15.5 Å². The van der Waals surface area contributed by atoms with Crippen LogP contribution in [0.2, 0.25) is 0 Å². The smallest absolute Gasteiger partial charge is 0.345 e. The molecule has 0 spiro atoms. The van der Waals surface area contributed by atoms with E-state index < -0.39 is 0 Å². The molecule has 0 aliphatic heterocycles. The number of para-hydroxylation sites is 1. The van der Waals surface area contributed by atoms with Crippen LogP contribution in [0.25, 0.3) is 21.4 Å². The molecule has 6 heteroatoms. The molecule has 0 fully saturated rings. The Kier molecular flexibility index (Phi) is 4.33. The molecule has 5 nitrogen and oxygen atoms in total. The highest BCUT2D eigenvalue weighted by molar-refractivity contribution is 7.18. The molecule has 0 bridgehead atoms. The van der Waals surface area contributed by atoms with Gasteiger partial charge >= 0.3 is 5.63 Å². The average Bonchev–Trinajstić information content (AvgIpc) is 3.15. The van der Waals surface area contributed by atoms with Gasteiger partial charge in [-0.3, -0.25) is 5.43 Å². The second kappa shape index (κ2) is 6.93. The first-order chi connectivity index (χ1) is 12.7. The molecular formula is C20H15N3O2S. The maximum absolute atomic E-state index is 12.3. The minimum Gasteiger partial charge on any atom is -0.422 e. The van der Waals surface area contributed by atoms with Gasteiger partial charge < -0.3 is 4.42 Å². The van der Waals surface area contributed by atoms with Crippen LogP contribution in [0.4, 0.5) is 5.13 Å². The zero-order valence-corrected chi connectivity index (χ0v) is 14.8. The minimum absolute atomic E-state index is 0.372. The largest absolute Gasteiger partial charge is 0.422 e. The Morgan fingerprint density at radius 2 is 1.88 bits per heavy atom. The molecule has 0 radical (unpaired) electrons. The zero-order valence-electron chi connectivity index (χ0n) is 14.0. The van der Waals surface area contributed by atoms with Crippen molar-refractivity contribution in [3.05, 3.63) is 82.8 Å². The van der Waals surface area contributed by atoms with Crippen molar-refractivity contribution in [2.45, 2.75) is 6.92 Å². The van der Waals surface area contributed by atoms with Crippen LogP contribution in [0.3, 0.4) is 0 Å². The fraction of sp³-hybridized carbons (Fsp3) is 0.0500. The Morgan fingerprint density at radius 1 is 1.12 bits per heavy atom. The number of fused-ring (bicyclic) bond motifs is 1. The van der Waals surface area contributed by atoms with Crippen LogP contribution in [0.1, 0.15) is 12.5 Å². The number of nitrogens with zero attached hydrogens (tertiary/aromatic N) is 2. The number of hydrogen-bond donors (Lipinski definition) is 1. The van der Waals surface area contributed by atoms with Gasteiger partial charge in [0.25, 0.3) is 0 Å². The van der Waals surface area contributed by atoms with Crippen LogP contribution < -0.4 is 11.1 Å². The molecule has 0 saturated heterocycles. The predicted molar refractivity (Wildman–Crippen MR) is 106 cm³/mol. The first-order valence-electron chi connectivity index (χ1n) is 8.05. The highest BCUT2D eigenvalue weighted by atomic mass is 32.1. The molecule has 2 aromatic carbocycles. The van der Waals surface area contributed by atoms with Crippen molar-refractivity contribution in [3.63, 3.8) is 0 Å². The fourth-order valence-electron chi connectivity index (χ4n) is 2.56. The second-order valence-corrected chi connectivity index (χ2v) is 6.72. The zero-order chi connectivity index (χ0) is 17.9. The van der Waals surface area contributed by atoms with E-state index in [4.69, 9.17) is 4.42 Å². The quantitative estimate of drug-likeness (QED) is 0.323. The molecule has 26 heavy (non-hydrogen) atoms. The molecule has 0 atom stereocenters. The molecule has 0 aliphatic carbocycles. The molecule has 0 amide bonds. The number of aromatic nitrogens is 1. The summed E-state index contributed by atoms with van der Waals surface area (Å²) in [6, 6.07) is 19.2. The summed E-state index contributed by atoms with van der Waals surface area (Å²) < 4.78 is 5.39. The molecular weight excluding hydrogens is 346 g/mol. The summed E-state index contributed by atoms with van der Waals surface area (Å²) in [4.78, 5) is 17.3. The Balaban J connectivity index is 1.61. The standard InChI is InChI=1S/C20H15N3O2S/c1-13(14-7-3-2-4-8-14)22-23-20-21-12-18(26-20)16-11-15-9-5-6-10-17(15)25-19(16)24/h2-12H,1H3,(H,21,23)/b22-13-. The summed E-state index contributed by atoms with van der Waals surface area (Å²) in [6.45, 7) is 1.93. The minimum atomic E-state index is -0.372. The Morgan fingerprint density at radius 3 is 2.73 bits per heavy atom. The summed E-state index contributed by atoms with van der Waals surface area (Å²) in [5, 5.41) is 5.85. The van der Waals surface area contributed by atoms with Gasteiger partial charge in [0.05, 0.1) is 16.2 Å². The van der Waals surface area contributed by atoms with Gasteiger partial charge in [-0.25, -0.2) is 9.78 Å². The molecule has 128 valence electrons. The van der Waals surface area contributed by atoms with Gasteiger partial charge in [-0.05, 0) is 24.6 Å². The molecule has 1 N–H and O–H groups in total. The van der Waals surface area contributed by atoms with Crippen molar-refractivity contribution < 1.29 is 4.42 Å². The van der Waals surface area contributed by atoms with Crippen LogP contribution in [-0.4, -0.2) is 10.7 Å². The van der Waals surface area contributed by atoms with Gasteiger partial charge in [0, 0.05) is 11.6 Å². The Labute approximate surface area is 153 Å². The molecule has 4 rings (SSSR count). The first-order valence-corrected chi connectivity index (χ1v) is 8.87. The molecule has 0 aliphatic rings. The predicted octanol–water partition coefficient (Wildman–Crippen LogP) is 4.75. The van der Waals surface area contributed by atoms with E-state index in [0.29, 0.717) is 16.3 Å². The highest BCUT2D eigenvalue weighted by Gasteiger charge is 2.11. The monoisotopic (exact) mass is 361 g/mol. The second-order valence-electron chi connectivity index (χ2n) is 5.69. The summed E-state index contributed by atoms with van der Waals surface area (Å²) in [7, 11) is 0. The van der Waals surface area contributed by atoms with Crippen molar-refractivity contribution in [3.8, 4) is 10.4 Å². The lowest BCUT2D eigenvalue weighted by Gasteiger charge is -2.00. The third-order valence-electron chi connectivity index (χ3n) is 3.92. The maximum atomic E-state index is 12.3. The van der Waals surface area contributed by atoms with Crippen LogP contribution in [0.5, 0.6) is 0 Å². The normalized spacial score (nSPS) is 11.7. The third kappa shape index (κ3) is 3.27. The van der Waals surface area contributed by atoms with Crippen molar-refractivity contribution in [2.24, 2.45) is 5.10 Å². The third-order valence-corrected chi connectivity index (χ3v) is 4.86. The van der Waals surface area contributed by atoms with Crippen molar-refractivity contribution in [1.82, 2.24) is 4.98 Å². The Bertz CT molecular complexity index is 1150. The van der Waals surface area contributed by atoms with Gasteiger partial charge in [-0.2, -0.15) is 5.10 Å². The molecule has 4 aromatic rings. The van der Waals surface area contributed by atoms with Crippen LogP contribution in [0, 0.1) is 0 Å². The van der Waals surface area contributed by atoms with Gasteiger partial charge in [0.2, 0.25) is 5.13 Å². The first kappa shape index (κ1) is 16.2. The number of rotatable bonds is 4. The van der Waals surface area contributed by atoms with Gasteiger partial charge in [-0.1, -0.05) is 59.9 Å². The number of nitrogens with one attached hydrogen (secondary N) is 1. The lowest BCUT2D eigenvalue weighted by atomic mass is 10.1. The van der Waals surface area contributed by atoms with E-state index in [9.17, 15) is 4.79 Å². The molecule has 2 aromatic heterocycles. The summed E-state index contributed by atoms with van der Waals surface area (Å²) in [6.07, 6.45) is 1.65. The van der Waals surface area contributed by atoms with Crippen molar-refractivity contribution in [2.75, 3.05) is 5.43 Å². The number of anilines is 1. The van der Waals surface area contributed by atoms with Crippen LogP contribution >= 0.6 is 11.3 Å². The molecule has 0 saturated carbocycles. The molecule has 2 heterocycles. The van der Waals surface area contributed by atoms with Gasteiger partial charge in [0.1, 0.15) is 5.58 Å². The number of thiazole rings is 1. The topological polar surface area (TPSA) is 67.5 Å². The SMILES string of the molecule is C/C(=N/Nc1ncc(-c2cc3ccccc3oc2=O)s1)c1ccccc1. The molecule has 0 unspecified atom stereocenters. The van der Waals surface area contributed by atoms with Gasteiger partial charge in [-0.15, -0.1) is 0 Å². The van der Waals surface area contributed by atoms with Crippen LogP contribution in [-0.2, 0) is 0 Å². The number of benzene rings is 2. The fourth-order valence-corrected chi connectivity index (χ4v) is 3.32. The average molecular weight is 361 g/mol. The summed E-state index contributed by atoms with van der Waals surface area (Å²) in [5.74, 6) is 0. The van der Waals surface area contributed by atoms with E-state index in [-0.39, 0.29) is 5.63 Å². The lowest BCUT2D eigenvalue weighted by Crippen LogP contribution is -2.01. The van der Waals surface area contributed by atoms with E-state index in [1.165, 1.54) is 11.3 Å². The van der Waals surface area contributed by atoms with E-state index in [1.807, 2.05) is 61.5 Å². The summed E-state index contributed by atoms with van der Waals surface area (Å²) in [5.41, 5.74) is 5.54. The van der Waals surface area contributed by atoms with Crippen molar-refractivity contribution >= 4 is 33.1 Å². The van der Waals surface area contributed by atoms with Crippen LogP contribution in [0.15, 0.2) is 81.2 Å².